The van der Waals surface area contributed by atoms with Crippen molar-refractivity contribution in [1.29, 1.82) is 0 Å². The molecule has 2 atom stereocenters. The minimum atomic E-state index is -0.0870. The van der Waals surface area contributed by atoms with E-state index >= 15 is 0 Å². The molecule has 2 aliphatic heterocycles. The van der Waals surface area contributed by atoms with Gasteiger partial charge < -0.3 is 15.2 Å². The molecule has 0 radical (unpaired) electrons. The van der Waals surface area contributed by atoms with Crippen molar-refractivity contribution in [3.05, 3.63) is 53.9 Å². The van der Waals surface area contributed by atoms with Gasteiger partial charge in [-0.15, -0.1) is 0 Å². The van der Waals surface area contributed by atoms with Crippen LogP contribution in [0.2, 0.25) is 0 Å². The van der Waals surface area contributed by atoms with Crippen molar-refractivity contribution in [3.63, 3.8) is 0 Å². The normalized spacial score (nSPS) is 25.8. The molecule has 6 heteroatoms. The molecule has 6 nitrogen and oxygen atoms in total. The molecule has 2 saturated heterocycles. The predicted molar refractivity (Wildman–Crippen MR) is 99.5 cm³/mol. The number of rotatable bonds is 6. The molecular formula is C20H26N4O2. The topological polar surface area (TPSA) is 70.5 Å². The van der Waals surface area contributed by atoms with Crippen LogP contribution in [0.15, 0.2) is 42.7 Å². The Hall–Kier alpha value is -2.02. The van der Waals surface area contributed by atoms with Crippen LogP contribution in [-0.2, 0) is 17.8 Å². The van der Waals surface area contributed by atoms with E-state index in [2.05, 4.69) is 32.3 Å². The molecule has 26 heavy (non-hydrogen) atoms. The van der Waals surface area contributed by atoms with E-state index in [-0.39, 0.29) is 12.0 Å². The highest BCUT2D eigenvalue weighted by Crippen LogP contribution is 2.41. The standard InChI is InChI=1S/C20H26N4O2/c25-14-20-13-24(12-18(20)6-7-26-15-20)11-17-9-22-19(23-10-17)21-8-16-4-2-1-3-5-16/h1-5,9-10,18,25H,6-8,11-15H2,(H,21,22,23)/t18-,20+/m0/s1. The molecule has 3 heterocycles. The second-order valence-electron chi connectivity index (χ2n) is 7.48. The highest BCUT2D eigenvalue weighted by atomic mass is 16.5. The van der Waals surface area contributed by atoms with Crippen molar-refractivity contribution in [2.75, 3.05) is 38.2 Å². The number of anilines is 1. The highest BCUT2D eigenvalue weighted by molar-refractivity contribution is 5.28. The molecule has 0 bridgehead atoms. The van der Waals surface area contributed by atoms with Gasteiger partial charge in [-0.05, 0) is 17.9 Å². The van der Waals surface area contributed by atoms with Crippen LogP contribution in [0.3, 0.4) is 0 Å². The Morgan fingerprint density at radius 3 is 2.73 bits per heavy atom. The van der Waals surface area contributed by atoms with E-state index in [0.717, 1.165) is 38.2 Å². The van der Waals surface area contributed by atoms with E-state index in [1.807, 2.05) is 30.6 Å². The van der Waals surface area contributed by atoms with Gasteiger partial charge in [0, 0.05) is 56.2 Å². The molecule has 4 rings (SSSR count). The number of ether oxygens (including phenoxy) is 1. The summed E-state index contributed by atoms with van der Waals surface area (Å²) in [6.45, 7) is 5.10. The first-order valence-electron chi connectivity index (χ1n) is 9.27. The second kappa shape index (κ2) is 7.70. The number of benzene rings is 1. The van der Waals surface area contributed by atoms with E-state index in [4.69, 9.17) is 4.74 Å². The van der Waals surface area contributed by atoms with Crippen LogP contribution >= 0.6 is 0 Å². The van der Waals surface area contributed by atoms with E-state index in [9.17, 15) is 5.11 Å². The summed E-state index contributed by atoms with van der Waals surface area (Å²) in [5, 5.41) is 13.1. The molecular weight excluding hydrogens is 328 g/mol. The molecule has 0 unspecified atom stereocenters. The average molecular weight is 354 g/mol. The highest BCUT2D eigenvalue weighted by Gasteiger charge is 2.47. The fourth-order valence-corrected chi connectivity index (χ4v) is 4.11. The van der Waals surface area contributed by atoms with Gasteiger partial charge in [-0.25, -0.2) is 9.97 Å². The first kappa shape index (κ1) is 17.4. The Labute approximate surface area is 154 Å². The van der Waals surface area contributed by atoms with Gasteiger partial charge in [0.05, 0.1) is 13.2 Å². The number of hydrogen-bond acceptors (Lipinski definition) is 6. The van der Waals surface area contributed by atoms with Gasteiger partial charge in [0.1, 0.15) is 0 Å². The minimum Gasteiger partial charge on any atom is -0.396 e. The second-order valence-corrected chi connectivity index (χ2v) is 7.48. The van der Waals surface area contributed by atoms with Gasteiger partial charge in [-0.2, -0.15) is 0 Å². The van der Waals surface area contributed by atoms with Crippen molar-refractivity contribution in [2.24, 2.45) is 11.3 Å². The number of nitrogens with one attached hydrogen (secondary N) is 1. The van der Waals surface area contributed by atoms with Crippen LogP contribution in [0, 0.1) is 11.3 Å². The number of hydrogen-bond donors (Lipinski definition) is 2. The molecule has 1 aromatic heterocycles. The SMILES string of the molecule is OC[C@]12COCC[C@H]1CN(Cc1cnc(NCc3ccccc3)nc1)C2. The number of likely N-dealkylation sites (tertiary alicyclic amines) is 1. The largest absolute Gasteiger partial charge is 0.396 e. The maximum atomic E-state index is 9.89. The Morgan fingerprint density at radius 1 is 1.19 bits per heavy atom. The molecule has 1 aromatic carbocycles. The van der Waals surface area contributed by atoms with Crippen molar-refractivity contribution < 1.29 is 9.84 Å². The third-order valence-corrected chi connectivity index (χ3v) is 5.60. The zero-order chi connectivity index (χ0) is 17.8. The third-order valence-electron chi connectivity index (χ3n) is 5.60. The van der Waals surface area contributed by atoms with Crippen molar-refractivity contribution >= 4 is 5.95 Å². The zero-order valence-electron chi connectivity index (χ0n) is 15.0. The average Bonchev–Trinajstić information content (AvgIpc) is 3.07. The number of aliphatic hydroxyl groups is 1. The fourth-order valence-electron chi connectivity index (χ4n) is 4.11. The lowest BCUT2D eigenvalue weighted by Crippen LogP contribution is -2.42. The first-order chi connectivity index (χ1) is 12.8. The zero-order valence-corrected chi connectivity index (χ0v) is 15.0. The minimum absolute atomic E-state index is 0.0870. The van der Waals surface area contributed by atoms with Crippen LogP contribution in [0.4, 0.5) is 5.95 Å². The number of nitrogens with zero attached hydrogens (tertiary/aromatic N) is 3. The predicted octanol–water partition coefficient (Wildman–Crippen LogP) is 1.92. The van der Waals surface area contributed by atoms with Crippen LogP contribution in [-0.4, -0.2) is 52.9 Å². The van der Waals surface area contributed by atoms with Gasteiger partial charge in [-0.1, -0.05) is 30.3 Å². The van der Waals surface area contributed by atoms with Gasteiger partial charge in [-0.3, -0.25) is 4.90 Å². The summed E-state index contributed by atoms with van der Waals surface area (Å²) in [7, 11) is 0. The van der Waals surface area contributed by atoms with Crippen LogP contribution in [0.1, 0.15) is 17.5 Å². The quantitative estimate of drug-likeness (QED) is 0.826. The van der Waals surface area contributed by atoms with E-state index in [1.54, 1.807) is 0 Å². The Kier molecular flexibility index (Phi) is 5.15. The lowest BCUT2D eigenvalue weighted by Gasteiger charge is -2.36. The third kappa shape index (κ3) is 3.72. The van der Waals surface area contributed by atoms with Crippen LogP contribution in [0.5, 0.6) is 0 Å². The summed E-state index contributed by atoms with van der Waals surface area (Å²) >= 11 is 0. The summed E-state index contributed by atoms with van der Waals surface area (Å²) in [5.41, 5.74) is 2.22. The molecule has 2 fully saturated rings. The Balaban J connectivity index is 1.33. The lowest BCUT2D eigenvalue weighted by molar-refractivity contribution is -0.0561. The number of fused-ring (bicyclic) bond motifs is 1. The van der Waals surface area contributed by atoms with Gasteiger partial charge in [0.15, 0.2) is 0 Å². The monoisotopic (exact) mass is 354 g/mol. The molecule has 2 aliphatic rings. The maximum absolute atomic E-state index is 9.89. The van der Waals surface area contributed by atoms with Crippen LogP contribution < -0.4 is 5.32 Å². The molecule has 138 valence electrons. The summed E-state index contributed by atoms with van der Waals surface area (Å²) in [5.74, 6) is 1.17. The number of aliphatic hydroxyl groups excluding tert-OH is 1. The molecule has 2 N–H and O–H groups in total. The van der Waals surface area contributed by atoms with E-state index in [1.165, 1.54) is 5.56 Å². The van der Waals surface area contributed by atoms with Crippen LogP contribution in [0.25, 0.3) is 0 Å². The fraction of sp³-hybridized carbons (Fsp3) is 0.500. The molecule has 0 amide bonds. The smallest absolute Gasteiger partial charge is 0.222 e. The molecule has 0 saturated carbocycles. The van der Waals surface area contributed by atoms with E-state index in [0.29, 0.717) is 25.0 Å². The Morgan fingerprint density at radius 2 is 2.00 bits per heavy atom. The summed E-state index contributed by atoms with van der Waals surface area (Å²) in [4.78, 5) is 11.3. The molecule has 2 aromatic rings. The van der Waals surface area contributed by atoms with Crippen molar-refractivity contribution in [3.8, 4) is 0 Å². The number of aromatic nitrogens is 2. The van der Waals surface area contributed by atoms with Gasteiger partial charge in [0.2, 0.25) is 5.95 Å². The molecule has 0 spiro atoms. The lowest BCUT2D eigenvalue weighted by atomic mass is 9.76. The summed E-state index contributed by atoms with van der Waals surface area (Å²) < 4.78 is 5.64. The van der Waals surface area contributed by atoms with Gasteiger partial charge in [0.25, 0.3) is 0 Å². The first-order valence-corrected chi connectivity index (χ1v) is 9.27. The molecule has 0 aliphatic carbocycles. The summed E-state index contributed by atoms with van der Waals surface area (Å²) in [6.07, 6.45) is 4.82. The van der Waals surface area contributed by atoms with Crippen molar-refractivity contribution in [2.45, 2.75) is 19.5 Å². The van der Waals surface area contributed by atoms with Crippen molar-refractivity contribution in [1.82, 2.24) is 14.9 Å². The van der Waals surface area contributed by atoms with E-state index < -0.39 is 0 Å². The Bertz CT molecular complexity index is 710. The maximum Gasteiger partial charge on any atom is 0.222 e. The summed E-state index contributed by atoms with van der Waals surface area (Å²) in [6, 6.07) is 10.2. The van der Waals surface area contributed by atoms with Gasteiger partial charge >= 0.3 is 0 Å².